The van der Waals surface area contributed by atoms with E-state index in [-0.39, 0.29) is 11.8 Å². The van der Waals surface area contributed by atoms with E-state index in [1.165, 1.54) is 4.31 Å². The first-order valence-electron chi connectivity index (χ1n) is 6.38. The van der Waals surface area contributed by atoms with Gasteiger partial charge in [0.05, 0.1) is 6.54 Å². The lowest BCUT2D eigenvalue weighted by atomic mass is 9.94. The first-order valence-corrected chi connectivity index (χ1v) is 7.78. The van der Waals surface area contributed by atoms with Gasteiger partial charge in [0.1, 0.15) is 6.54 Å². The summed E-state index contributed by atoms with van der Waals surface area (Å²) in [5.74, 6) is -1.83. The number of nitrogens with zero attached hydrogens (tertiary/aromatic N) is 2. The number of carbonyl (C=O) groups is 2. The van der Waals surface area contributed by atoms with E-state index in [1.54, 1.807) is 0 Å². The summed E-state index contributed by atoms with van der Waals surface area (Å²) in [6, 6.07) is 0. The molecule has 116 valence electrons. The van der Waals surface area contributed by atoms with E-state index in [0.29, 0.717) is 17.4 Å². The maximum atomic E-state index is 12.4. The lowest BCUT2D eigenvalue weighted by Crippen LogP contribution is -2.52. The Morgan fingerprint density at radius 3 is 2.15 bits per heavy atom. The zero-order chi connectivity index (χ0) is 15.5. The van der Waals surface area contributed by atoms with E-state index in [4.69, 9.17) is 10.8 Å². The topological polar surface area (TPSA) is 121 Å². The van der Waals surface area contributed by atoms with Crippen LogP contribution in [0.4, 0.5) is 0 Å². The highest BCUT2D eigenvalue weighted by atomic mass is 32.2. The standard InChI is InChI=1S/C11H21N3O5S/c1-8-3-9(2)5-13(4-8)20(18,19)14(6-10(12)15)7-11(16)17/h8-9H,3-7H2,1-2H3,(H2,12,15)(H,16,17). The monoisotopic (exact) mass is 307 g/mol. The zero-order valence-corrected chi connectivity index (χ0v) is 12.5. The highest BCUT2D eigenvalue weighted by Crippen LogP contribution is 2.24. The normalized spacial score (nSPS) is 24.8. The Morgan fingerprint density at radius 1 is 1.25 bits per heavy atom. The van der Waals surface area contributed by atoms with Crippen molar-refractivity contribution in [3.05, 3.63) is 0 Å². The third-order valence-electron chi connectivity index (χ3n) is 3.13. The van der Waals surface area contributed by atoms with Crippen molar-refractivity contribution in [2.45, 2.75) is 20.3 Å². The van der Waals surface area contributed by atoms with Crippen molar-refractivity contribution < 1.29 is 23.1 Å². The van der Waals surface area contributed by atoms with Crippen LogP contribution in [-0.2, 0) is 19.8 Å². The van der Waals surface area contributed by atoms with E-state index >= 15 is 0 Å². The molecule has 0 aromatic rings. The first kappa shape index (κ1) is 16.9. The Hall–Kier alpha value is -1.19. The van der Waals surface area contributed by atoms with Crippen LogP contribution in [0.5, 0.6) is 0 Å². The molecule has 20 heavy (non-hydrogen) atoms. The smallest absolute Gasteiger partial charge is 0.318 e. The fraction of sp³-hybridized carbons (Fsp3) is 0.818. The van der Waals surface area contributed by atoms with Gasteiger partial charge in [0, 0.05) is 13.1 Å². The Labute approximate surface area is 118 Å². The number of amides is 1. The summed E-state index contributed by atoms with van der Waals surface area (Å²) in [5.41, 5.74) is 4.99. The van der Waals surface area contributed by atoms with Crippen LogP contribution < -0.4 is 5.73 Å². The Balaban J connectivity index is 2.96. The number of primary amides is 1. The number of aliphatic carboxylic acids is 1. The highest BCUT2D eigenvalue weighted by Gasteiger charge is 2.36. The number of piperidine rings is 1. The lowest BCUT2D eigenvalue weighted by molar-refractivity contribution is -0.137. The molecule has 0 aromatic carbocycles. The summed E-state index contributed by atoms with van der Waals surface area (Å²) in [7, 11) is -4.00. The van der Waals surface area contributed by atoms with Crippen molar-refractivity contribution >= 4 is 22.1 Å². The van der Waals surface area contributed by atoms with Crippen LogP contribution in [0.3, 0.4) is 0 Å². The van der Waals surface area contributed by atoms with Crippen LogP contribution in [0.15, 0.2) is 0 Å². The molecule has 1 fully saturated rings. The van der Waals surface area contributed by atoms with Gasteiger partial charge in [0.2, 0.25) is 5.91 Å². The lowest BCUT2D eigenvalue weighted by Gasteiger charge is -2.36. The number of carboxylic acid groups (broad SMARTS) is 1. The van der Waals surface area contributed by atoms with Gasteiger partial charge in [-0.3, -0.25) is 9.59 Å². The largest absolute Gasteiger partial charge is 0.480 e. The second-order valence-electron chi connectivity index (χ2n) is 5.40. The molecule has 0 radical (unpaired) electrons. The molecule has 0 aliphatic carbocycles. The highest BCUT2D eigenvalue weighted by molar-refractivity contribution is 7.86. The van der Waals surface area contributed by atoms with Crippen molar-refractivity contribution in [1.82, 2.24) is 8.61 Å². The molecule has 8 nitrogen and oxygen atoms in total. The van der Waals surface area contributed by atoms with Crippen LogP contribution in [-0.4, -0.2) is 60.2 Å². The molecular formula is C11H21N3O5S. The molecule has 1 saturated heterocycles. The minimum atomic E-state index is -4.00. The van der Waals surface area contributed by atoms with Gasteiger partial charge in [0.25, 0.3) is 10.2 Å². The molecule has 9 heteroatoms. The first-order chi connectivity index (χ1) is 9.12. The predicted octanol–water partition coefficient (Wildman–Crippen LogP) is -0.919. The molecule has 1 rings (SSSR count). The van der Waals surface area contributed by atoms with Gasteiger partial charge >= 0.3 is 5.97 Å². The fourth-order valence-corrected chi connectivity index (χ4v) is 4.28. The molecule has 2 unspecified atom stereocenters. The maximum Gasteiger partial charge on any atom is 0.318 e. The molecule has 1 aliphatic heterocycles. The van der Waals surface area contributed by atoms with E-state index < -0.39 is 35.2 Å². The molecule has 1 heterocycles. The molecule has 1 aliphatic rings. The van der Waals surface area contributed by atoms with Crippen LogP contribution in [0, 0.1) is 11.8 Å². The number of rotatable bonds is 6. The second-order valence-corrected chi connectivity index (χ2v) is 7.33. The maximum absolute atomic E-state index is 12.4. The number of carboxylic acids is 1. The summed E-state index contributed by atoms with van der Waals surface area (Å²) < 4.78 is 26.7. The molecule has 2 atom stereocenters. The van der Waals surface area contributed by atoms with Gasteiger partial charge in [0.15, 0.2) is 0 Å². The number of hydrogen-bond donors (Lipinski definition) is 2. The fourth-order valence-electron chi connectivity index (χ4n) is 2.50. The van der Waals surface area contributed by atoms with Crippen molar-refractivity contribution in [2.24, 2.45) is 17.6 Å². The van der Waals surface area contributed by atoms with Gasteiger partial charge in [-0.2, -0.15) is 17.0 Å². The summed E-state index contributed by atoms with van der Waals surface area (Å²) in [5, 5.41) is 8.79. The average molecular weight is 307 g/mol. The molecule has 0 saturated carbocycles. The van der Waals surface area contributed by atoms with Crippen LogP contribution in [0.25, 0.3) is 0 Å². The van der Waals surface area contributed by atoms with Gasteiger partial charge < -0.3 is 10.8 Å². The number of carbonyl (C=O) groups excluding carboxylic acids is 1. The van der Waals surface area contributed by atoms with Gasteiger partial charge in [-0.1, -0.05) is 13.8 Å². The molecule has 0 spiro atoms. The summed E-state index contributed by atoms with van der Waals surface area (Å²) in [6.45, 7) is 3.11. The third kappa shape index (κ3) is 4.43. The molecule has 0 bridgehead atoms. The summed E-state index contributed by atoms with van der Waals surface area (Å²) in [6.07, 6.45) is 0.917. The quantitative estimate of drug-likeness (QED) is 0.657. The van der Waals surface area contributed by atoms with Crippen LogP contribution >= 0.6 is 0 Å². The van der Waals surface area contributed by atoms with Crippen LogP contribution in [0.1, 0.15) is 20.3 Å². The molecular weight excluding hydrogens is 286 g/mol. The molecule has 0 aromatic heterocycles. The van der Waals surface area contributed by atoms with Crippen molar-refractivity contribution in [3.63, 3.8) is 0 Å². The van der Waals surface area contributed by atoms with Gasteiger partial charge in [-0.25, -0.2) is 0 Å². The van der Waals surface area contributed by atoms with E-state index in [2.05, 4.69) is 0 Å². The second kappa shape index (κ2) is 6.51. The van der Waals surface area contributed by atoms with Gasteiger partial charge in [-0.15, -0.1) is 0 Å². The summed E-state index contributed by atoms with van der Waals surface area (Å²) in [4.78, 5) is 21.7. The predicted molar refractivity (Wildman–Crippen MR) is 71.8 cm³/mol. The van der Waals surface area contributed by atoms with E-state index in [0.717, 1.165) is 6.42 Å². The number of hydrogen-bond acceptors (Lipinski definition) is 4. The number of nitrogens with two attached hydrogens (primary N) is 1. The van der Waals surface area contributed by atoms with E-state index in [1.807, 2.05) is 13.8 Å². The Morgan fingerprint density at radius 2 is 1.75 bits per heavy atom. The molecule has 1 amide bonds. The Kier molecular flexibility index (Phi) is 5.49. The SMILES string of the molecule is CC1CC(C)CN(S(=O)(=O)N(CC(N)=O)CC(=O)O)C1. The third-order valence-corrected chi connectivity index (χ3v) is 4.99. The van der Waals surface area contributed by atoms with Crippen molar-refractivity contribution in [2.75, 3.05) is 26.2 Å². The zero-order valence-electron chi connectivity index (χ0n) is 11.7. The summed E-state index contributed by atoms with van der Waals surface area (Å²) >= 11 is 0. The Bertz CT molecular complexity index is 452. The van der Waals surface area contributed by atoms with Crippen molar-refractivity contribution in [1.29, 1.82) is 0 Å². The van der Waals surface area contributed by atoms with Crippen LogP contribution in [0.2, 0.25) is 0 Å². The van der Waals surface area contributed by atoms with Crippen molar-refractivity contribution in [3.8, 4) is 0 Å². The minimum absolute atomic E-state index is 0.189. The molecule has 3 N–H and O–H groups in total. The minimum Gasteiger partial charge on any atom is -0.480 e. The van der Waals surface area contributed by atoms with E-state index in [9.17, 15) is 18.0 Å². The average Bonchev–Trinajstić information content (AvgIpc) is 2.25. The van der Waals surface area contributed by atoms with Gasteiger partial charge in [-0.05, 0) is 18.3 Å².